The molecule has 0 bridgehead atoms. The molecule has 87 heavy (non-hydrogen) atoms. The van der Waals surface area contributed by atoms with Crippen molar-refractivity contribution in [2.24, 2.45) is 0 Å². The molecule has 14 nitrogen and oxygen atoms in total. The lowest BCUT2D eigenvalue weighted by Crippen LogP contribution is -2.65. The summed E-state index contributed by atoms with van der Waals surface area (Å²) >= 11 is 0. The highest BCUT2D eigenvalue weighted by atomic mass is 16.7. The van der Waals surface area contributed by atoms with Crippen LogP contribution in [0.4, 0.5) is 0 Å². The van der Waals surface area contributed by atoms with Crippen molar-refractivity contribution in [1.82, 2.24) is 5.32 Å². The fraction of sp³-hybridized carbons (Fsp3) is 0.795. The average Bonchev–Trinajstić information content (AvgIpc) is 2.36. The summed E-state index contributed by atoms with van der Waals surface area (Å²) in [4.78, 5) is 13.3. The van der Waals surface area contributed by atoms with Crippen LogP contribution in [0, 0.1) is 0 Å². The van der Waals surface area contributed by atoms with Gasteiger partial charge in [0, 0.05) is 6.42 Å². The summed E-state index contributed by atoms with van der Waals surface area (Å²) in [6.07, 6.45) is 62.3. The summed E-state index contributed by atoms with van der Waals surface area (Å²) in [7, 11) is 0. The van der Waals surface area contributed by atoms with Gasteiger partial charge in [-0.3, -0.25) is 4.79 Å². The summed E-state index contributed by atoms with van der Waals surface area (Å²) in [5.74, 6) is -0.251. The van der Waals surface area contributed by atoms with Crippen molar-refractivity contribution in [3.8, 4) is 0 Å². The smallest absolute Gasteiger partial charge is 0.220 e. The monoisotopic (exact) mass is 1230 g/mol. The maximum atomic E-state index is 13.3. The molecule has 0 aromatic rings. The van der Waals surface area contributed by atoms with Gasteiger partial charge in [0.15, 0.2) is 12.6 Å². The SMILES string of the molecule is CC/C=C\C/C=C\C/C=C\C/C=C\CCCCCCCCCCCCCCCCCCCCCCCCCCC(=O)NC(COC1OC(CO)C(OC2OC(CO)C(O)C(O)C2O)C(O)C1O)C(O)/C=C/CC/C=C/CC/C=C/CCCCCCCC. The maximum absolute atomic E-state index is 13.3. The van der Waals surface area contributed by atoms with Gasteiger partial charge < -0.3 is 65.1 Å². The summed E-state index contributed by atoms with van der Waals surface area (Å²) in [6.45, 7) is 2.66. The number of nitrogens with one attached hydrogen (secondary N) is 1. The number of unbranched alkanes of at least 4 members (excludes halogenated alkanes) is 32. The van der Waals surface area contributed by atoms with Crippen molar-refractivity contribution in [2.45, 2.75) is 351 Å². The Kier molecular flexibility index (Phi) is 52.7. The molecule has 2 aliphatic rings. The van der Waals surface area contributed by atoms with E-state index in [4.69, 9.17) is 18.9 Å². The number of ether oxygens (including phenoxy) is 4. The van der Waals surface area contributed by atoms with Crippen molar-refractivity contribution in [1.29, 1.82) is 0 Å². The van der Waals surface area contributed by atoms with Crippen LogP contribution in [0.2, 0.25) is 0 Å². The molecule has 14 heteroatoms. The van der Waals surface area contributed by atoms with E-state index in [9.17, 15) is 45.6 Å². The highest BCUT2D eigenvalue weighted by Gasteiger charge is 2.51. The van der Waals surface area contributed by atoms with Crippen LogP contribution in [0.5, 0.6) is 0 Å². The number of hydrogen-bond acceptors (Lipinski definition) is 13. The van der Waals surface area contributed by atoms with E-state index in [1.165, 1.54) is 173 Å². The first kappa shape index (κ1) is 80.3. The van der Waals surface area contributed by atoms with Crippen molar-refractivity contribution in [3.05, 3.63) is 85.1 Å². The first-order valence-corrected chi connectivity index (χ1v) is 35.3. The molecule has 9 N–H and O–H groups in total. The largest absolute Gasteiger partial charge is 0.394 e. The maximum Gasteiger partial charge on any atom is 0.220 e. The molecule has 2 saturated heterocycles. The molecule has 0 saturated carbocycles. The van der Waals surface area contributed by atoms with Crippen LogP contribution >= 0.6 is 0 Å². The Balaban J connectivity index is 1.60. The third kappa shape index (κ3) is 41.3. The Hall–Kier alpha value is -2.83. The molecule has 504 valence electrons. The summed E-state index contributed by atoms with van der Waals surface area (Å²) in [6, 6.07) is -0.940. The van der Waals surface area contributed by atoms with Gasteiger partial charge in [-0.05, 0) is 83.5 Å². The highest BCUT2D eigenvalue weighted by molar-refractivity contribution is 5.76. The molecule has 12 unspecified atom stereocenters. The predicted octanol–water partition coefficient (Wildman–Crippen LogP) is 14.4. The van der Waals surface area contributed by atoms with Crippen molar-refractivity contribution in [3.63, 3.8) is 0 Å². The van der Waals surface area contributed by atoms with Crippen LogP contribution in [0.25, 0.3) is 0 Å². The van der Waals surface area contributed by atoms with E-state index in [2.05, 4.69) is 92.1 Å². The van der Waals surface area contributed by atoms with E-state index in [1.54, 1.807) is 6.08 Å². The van der Waals surface area contributed by atoms with Gasteiger partial charge in [-0.1, -0.05) is 272 Å². The molecule has 2 fully saturated rings. The predicted molar refractivity (Wildman–Crippen MR) is 355 cm³/mol. The average molecular weight is 1230 g/mol. The van der Waals surface area contributed by atoms with Crippen LogP contribution in [-0.2, 0) is 23.7 Å². The first-order chi connectivity index (χ1) is 42.6. The van der Waals surface area contributed by atoms with E-state index in [0.29, 0.717) is 12.8 Å². The third-order valence-electron chi connectivity index (χ3n) is 16.8. The van der Waals surface area contributed by atoms with Gasteiger partial charge >= 0.3 is 0 Å². The number of rotatable bonds is 57. The minimum Gasteiger partial charge on any atom is -0.394 e. The number of aliphatic hydroxyl groups is 8. The van der Waals surface area contributed by atoms with E-state index in [1.807, 2.05) is 6.08 Å². The standard InChI is InChI=1S/C73H129NO13/c1-3-5-7-9-11-13-15-17-19-21-22-23-24-25-26-27-28-29-30-31-32-33-34-35-36-37-38-39-40-41-43-45-47-49-51-53-55-57-65(78)74-61(62(77)56-54-52-50-48-46-44-42-20-18-16-14-12-10-8-6-4-2)60-84-72-70(83)68(81)71(64(59-76)86-72)87-73-69(82)67(80)66(79)63(58-75)85-73/h5,7,11,13,17-20,22-23,46,48,54,56,61-64,66-73,75-77,79-83H,3-4,6,8-10,12,14-16,21,24-45,47,49-53,55,57-60H2,1-2H3,(H,74,78)/b7-5-,13-11-,19-17-,20-18+,23-22-,48-46+,56-54+. The molecule has 0 aliphatic carbocycles. The highest BCUT2D eigenvalue weighted by Crippen LogP contribution is 2.30. The molecule has 2 heterocycles. The van der Waals surface area contributed by atoms with E-state index < -0.39 is 86.8 Å². The Morgan fingerprint density at radius 2 is 0.805 bits per heavy atom. The number of carbonyl (C=O) groups is 1. The quantitative estimate of drug-likeness (QED) is 0.0204. The van der Waals surface area contributed by atoms with Gasteiger partial charge in [0.05, 0.1) is 32.0 Å². The summed E-state index contributed by atoms with van der Waals surface area (Å²) < 4.78 is 22.8. The normalized spacial score (nSPS) is 23.8. The van der Waals surface area contributed by atoms with Crippen LogP contribution < -0.4 is 5.32 Å². The molecule has 0 aromatic heterocycles. The van der Waals surface area contributed by atoms with Gasteiger partial charge in [-0.2, -0.15) is 0 Å². The molecular weight excluding hydrogens is 1100 g/mol. The second-order valence-electron chi connectivity index (χ2n) is 24.6. The minimum atomic E-state index is -1.79. The molecule has 1 amide bonds. The third-order valence-corrected chi connectivity index (χ3v) is 16.8. The second kappa shape index (κ2) is 57.1. The second-order valence-corrected chi connectivity index (χ2v) is 24.6. The Morgan fingerprint density at radius 3 is 1.26 bits per heavy atom. The number of aliphatic hydroxyl groups excluding tert-OH is 8. The van der Waals surface area contributed by atoms with E-state index in [-0.39, 0.29) is 18.9 Å². The van der Waals surface area contributed by atoms with Gasteiger partial charge in [0.2, 0.25) is 5.91 Å². The number of allylic oxidation sites excluding steroid dienone is 13. The number of amides is 1. The molecule has 0 spiro atoms. The van der Waals surface area contributed by atoms with E-state index in [0.717, 1.165) is 70.6 Å². The lowest BCUT2D eigenvalue weighted by molar-refractivity contribution is -0.359. The molecule has 12 atom stereocenters. The lowest BCUT2D eigenvalue weighted by atomic mass is 9.97. The van der Waals surface area contributed by atoms with Crippen molar-refractivity contribution < 1.29 is 64.6 Å². The topological polar surface area (TPSA) is 228 Å². The van der Waals surface area contributed by atoms with E-state index >= 15 is 0 Å². The molecular formula is C73H129NO13. The van der Waals surface area contributed by atoms with Crippen molar-refractivity contribution in [2.75, 3.05) is 19.8 Å². The molecule has 2 rings (SSSR count). The zero-order valence-corrected chi connectivity index (χ0v) is 54.7. The number of carbonyl (C=O) groups excluding carboxylic acids is 1. The van der Waals surface area contributed by atoms with Gasteiger partial charge in [-0.15, -0.1) is 0 Å². The van der Waals surface area contributed by atoms with Gasteiger partial charge in [-0.25, -0.2) is 0 Å². The summed E-state index contributed by atoms with van der Waals surface area (Å²) in [5.41, 5.74) is 0. The molecule has 0 radical (unpaired) electrons. The van der Waals surface area contributed by atoms with Crippen molar-refractivity contribution >= 4 is 5.91 Å². The van der Waals surface area contributed by atoms with Crippen LogP contribution in [0.15, 0.2) is 85.1 Å². The lowest BCUT2D eigenvalue weighted by Gasteiger charge is -2.46. The van der Waals surface area contributed by atoms with Crippen LogP contribution in [0.3, 0.4) is 0 Å². The van der Waals surface area contributed by atoms with Gasteiger partial charge in [0.25, 0.3) is 0 Å². The Morgan fingerprint density at radius 1 is 0.425 bits per heavy atom. The van der Waals surface area contributed by atoms with Crippen LogP contribution in [-0.4, -0.2) is 140 Å². The molecule has 2 aliphatic heterocycles. The number of hydrogen-bond donors (Lipinski definition) is 9. The molecule has 0 aromatic carbocycles. The fourth-order valence-electron chi connectivity index (χ4n) is 11.2. The fourth-order valence-corrected chi connectivity index (χ4v) is 11.2. The van der Waals surface area contributed by atoms with Crippen LogP contribution in [0.1, 0.15) is 277 Å². The summed E-state index contributed by atoms with van der Waals surface area (Å²) in [5, 5.41) is 87.3. The Labute approximate surface area is 529 Å². The Bertz CT molecular complexity index is 1780. The minimum absolute atomic E-state index is 0.251. The zero-order chi connectivity index (χ0) is 63.1. The zero-order valence-electron chi connectivity index (χ0n) is 54.7. The van der Waals surface area contributed by atoms with Gasteiger partial charge in [0.1, 0.15) is 48.8 Å². The first-order valence-electron chi connectivity index (χ1n) is 35.3.